The molecule has 0 unspecified atom stereocenters. The number of hydrogen-bond donors (Lipinski definition) is 1. The number of rotatable bonds is 3. The van der Waals surface area contributed by atoms with E-state index in [-0.39, 0.29) is 5.91 Å². The molecule has 0 spiro atoms. The molecule has 2 heterocycles. The third-order valence-electron chi connectivity index (χ3n) is 5.46. The topological polar surface area (TPSA) is 41.6 Å². The maximum absolute atomic E-state index is 13.0. The fourth-order valence-electron chi connectivity index (χ4n) is 4.03. The molecule has 0 radical (unpaired) electrons. The Morgan fingerprint density at radius 3 is 2.61 bits per heavy atom. The first-order chi connectivity index (χ1) is 13.8. The van der Waals surface area contributed by atoms with Crippen LogP contribution in [-0.4, -0.2) is 32.2 Å². The molecular formula is C23H22N2O2S. The van der Waals surface area contributed by atoms with Gasteiger partial charge >= 0.3 is 0 Å². The van der Waals surface area contributed by atoms with Gasteiger partial charge in [0.15, 0.2) is 0 Å². The van der Waals surface area contributed by atoms with Gasteiger partial charge < -0.3 is 15.0 Å². The Bertz CT molecular complexity index is 1020. The summed E-state index contributed by atoms with van der Waals surface area (Å²) in [5, 5.41) is 3.15. The van der Waals surface area contributed by atoms with Crippen molar-refractivity contribution in [1.29, 1.82) is 0 Å². The Labute approximate surface area is 168 Å². The zero-order chi connectivity index (χ0) is 18.9. The van der Waals surface area contributed by atoms with Gasteiger partial charge in [-0.3, -0.25) is 4.79 Å². The molecule has 5 heteroatoms. The smallest absolute Gasteiger partial charge is 0.265 e. The number of nitrogens with one attached hydrogen (secondary N) is 1. The molecule has 2 aliphatic rings. The quantitative estimate of drug-likeness (QED) is 0.710. The van der Waals surface area contributed by atoms with E-state index < -0.39 is 0 Å². The zero-order valence-electron chi connectivity index (χ0n) is 15.6. The maximum Gasteiger partial charge on any atom is 0.265 e. The number of carbonyl (C=O) groups excluding carboxylic acids is 1. The van der Waals surface area contributed by atoms with Gasteiger partial charge in [-0.15, -0.1) is 11.3 Å². The minimum atomic E-state index is -0.0300. The number of nitrogens with zero attached hydrogens (tertiary/aromatic N) is 1. The summed E-state index contributed by atoms with van der Waals surface area (Å²) in [6, 6.07) is 18.6. The number of para-hydroxylation sites is 2. The fourth-order valence-corrected chi connectivity index (χ4v) is 5.19. The first kappa shape index (κ1) is 17.5. The van der Waals surface area contributed by atoms with Gasteiger partial charge in [0.05, 0.1) is 29.5 Å². The van der Waals surface area contributed by atoms with Crippen LogP contribution in [0.1, 0.15) is 20.8 Å². The second-order valence-corrected chi connectivity index (χ2v) is 8.25. The summed E-state index contributed by atoms with van der Waals surface area (Å²) in [5.74, 6) is -0.0300. The van der Waals surface area contributed by atoms with E-state index in [1.807, 2.05) is 18.2 Å². The van der Waals surface area contributed by atoms with Crippen LogP contribution in [0, 0.1) is 0 Å². The molecule has 1 N–H and O–H groups in total. The normalized spacial score (nSPS) is 15.6. The number of aryl methyl sites for hydroxylation is 2. The van der Waals surface area contributed by atoms with Gasteiger partial charge in [-0.25, -0.2) is 0 Å². The van der Waals surface area contributed by atoms with Crippen molar-refractivity contribution in [3.63, 3.8) is 0 Å². The van der Waals surface area contributed by atoms with Crippen molar-refractivity contribution in [3.05, 3.63) is 70.6 Å². The second kappa shape index (κ2) is 7.41. The van der Waals surface area contributed by atoms with E-state index >= 15 is 0 Å². The van der Waals surface area contributed by atoms with Gasteiger partial charge in [-0.05, 0) is 47.7 Å². The Kier molecular flexibility index (Phi) is 4.63. The van der Waals surface area contributed by atoms with Crippen LogP contribution in [0.3, 0.4) is 0 Å². The van der Waals surface area contributed by atoms with E-state index in [0.29, 0.717) is 0 Å². The van der Waals surface area contributed by atoms with E-state index in [1.165, 1.54) is 21.6 Å². The van der Waals surface area contributed by atoms with E-state index in [4.69, 9.17) is 4.74 Å². The summed E-state index contributed by atoms with van der Waals surface area (Å²) in [6.07, 6.45) is 2.04. The lowest BCUT2D eigenvalue weighted by molar-refractivity contribution is 0.103. The highest BCUT2D eigenvalue weighted by atomic mass is 32.1. The van der Waals surface area contributed by atoms with E-state index in [1.54, 1.807) is 11.3 Å². The van der Waals surface area contributed by atoms with E-state index in [9.17, 15) is 4.79 Å². The van der Waals surface area contributed by atoms with Crippen LogP contribution in [0.2, 0.25) is 0 Å². The average molecular weight is 391 g/mol. The molecule has 1 fully saturated rings. The minimum absolute atomic E-state index is 0.0300. The van der Waals surface area contributed by atoms with Crippen LogP contribution in [0.4, 0.5) is 11.4 Å². The summed E-state index contributed by atoms with van der Waals surface area (Å²) in [4.78, 5) is 17.3. The molecule has 2 aromatic carbocycles. The van der Waals surface area contributed by atoms with Crippen molar-refractivity contribution in [1.82, 2.24) is 0 Å². The third-order valence-corrected chi connectivity index (χ3v) is 6.67. The molecule has 1 amide bonds. The molecule has 1 aliphatic carbocycles. The van der Waals surface area contributed by atoms with Crippen molar-refractivity contribution in [3.8, 4) is 10.4 Å². The first-order valence-corrected chi connectivity index (χ1v) is 10.6. The largest absolute Gasteiger partial charge is 0.378 e. The van der Waals surface area contributed by atoms with Crippen molar-refractivity contribution in [2.75, 3.05) is 36.5 Å². The average Bonchev–Trinajstić information content (AvgIpc) is 3.20. The number of amides is 1. The molecule has 0 atom stereocenters. The van der Waals surface area contributed by atoms with Crippen molar-refractivity contribution >= 4 is 28.6 Å². The standard InChI is InChI=1S/C23H22N2O2S/c26-23(24-19-7-3-4-8-20(19)25-11-13-27-14-12-25)21-15-17-10-9-16-5-1-2-6-18(16)22(17)28-21/h1-8,15H,9-14H2,(H,24,26). The summed E-state index contributed by atoms with van der Waals surface area (Å²) in [5.41, 5.74) is 5.87. The Morgan fingerprint density at radius 1 is 0.964 bits per heavy atom. The number of thiophene rings is 1. The number of ether oxygens (including phenoxy) is 1. The highest BCUT2D eigenvalue weighted by Gasteiger charge is 2.22. The van der Waals surface area contributed by atoms with Crippen LogP contribution in [0.15, 0.2) is 54.6 Å². The first-order valence-electron chi connectivity index (χ1n) is 9.73. The van der Waals surface area contributed by atoms with Crippen LogP contribution in [0.5, 0.6) is 0 Å². The van der Waals surface area contributed by atoms with Gasteiger partial charge in [0.25, 0.3) is 5.91 Å². The number of morpholine rings is 1. The molecule has 1 aromatic heterocycles. The Balaban J connectivity index is 1.41. The monoisotopic (exact) mass is 390 g/mol. The van der Waals surface area contributed by atoms with Crippen molar-refractivity contribution in [2.45, 2.75) is 12.8 Å². The molecular weight excluding hydrogens is 368 g/mol. The number of hydrogen-bond acceptors (Lipinski definition) is 4. The fraction of sp³-hybridized carbons (Fsp3) is 0.261. The predicted molar refractivity (Wildman–Crippen MR) is 115 cm³/mol. The zero-order valence-corrected chi connectivity index (χ0v) is 16.4. The van der Waals surface area contributed by atoms with Crippen LogP contribution in [-0.2, 0) is 17.6 Å². The molecule has 0 bridgehead atoms. The van der Waals surface area contributed by atoms with Gasteiger partial charge in [-0.1, -0.05) is 36.4 Å². The molecule has 0 saturated carbocycles. The predicted octanol–water partition coefficient (Wildman–Crippen LogP) is 4.60. The van der Waals surface area contributed by atoms with Gasteiger partial charge in [0.2, 0.25) is 0 Å². The van der Waals surface area contributed by atoms with Gasteiger partial charge in [0.1, 0.15) is 0 Å². The van der Waals surface area contributed by atoms with Gasteiger partial charge in [-0.2, -0.15) is 0 Å². The lowest BCUT2D eigenvalue weighted by atomic mass is 9.91. The summed E-state index contributed by atoms with van der Waals surface area (Å²) in [6.45, 7) is 3.13. The van der Waals surface area contributed by atoms with E-state index in [2.05, 4.69) is 46.6 Å². The summed E-state index contributed by atoms with van der Waals surface area (Å²) >= 11 is 1.60. The molecule has 142 valence electrons. The SMILES string of the molecule is O=C(Nc1ccccc1N1CCOCC1)c1cc2c(s1)-c1ccccc1CC2. The van der Waals surface area contributed by atoms with Crippen LogP contribution in [0.25, 0.3) is 10.4 Å². The summed E-state index contributed by atoms with van der Waals surface area (Å²) < 4.78 is 5.46. The van der Waals surface area contributed by atoms with Crippen LogP contribution >= 0.6 is 11.3 Å². The second-order valence-electron chi connectivity index (χ2n) is 7.19. The molecule has 1 aliphatic heterocycles. The lowest BCUT2D eigenvalue weighted by Crippen LogP contribution is -2.36. The molecule has 5 rings (SSSR count). The maximum atomic E-state index is 13.0. The van der Waals surface area contributed by atoms with Crippen molar-refractivity contribution in [2.24, 2.45) is 0 Å². The number of anilines is 2. The Hall–Kier alpha value is -2.63. The highest BCUT2D eigenvalue weighted by Crippen LogP contribution is 2.40. The molecule has 1 saturated heterocycles. The Morgan fingerprint density at radius 2 is 1.71 bits per heavy atom. The number of benzene rings is 2. The number of fused-ring (bicyclic) bond motifs is 3. The van der Waals surface area contributed by atoms with Crippen molar-refractivity contribution < 1.29 is 9.53 Å². The molecule has 28 heavy (non-hydrogen) atoms. The van der Waals surface area contributed by atoms with Crippen LogP contribution < -0.4 is 10.2 Å². The number of carbonyl (C=O) groups is 1. The highest BCUT2D eigenvalue weighted by molar-refractivity contribution is 7.17. The minimum Gasteiger partial charge on any atom is -0.378 e. The molecule has 4 nitrogen and oxygen atoms in total. The third kappa shape index (κ3) is 3.21. The summed E-state index contributed by atoms with van der Waals surface area (Å²) in [7, 11) is 0. The van der Waals surface area contributed by atoms with Gasteiger partial charge in [0, 0.05) is 18.0 Å². The molecule has 3 aromatic rings. The lowest BCUT2D eigenvalue weighted by Gasteiger charge is -2.30. The van der Waals surface area contributed by atoms with E-state index in [0.717, 1.165) is 55.4 Å².